The van der Waals surface area contributed by atoms with Gasteiger partial charge in [-0.2, -0.15) is 0 Å². The van der Waals surface area contributed by atoms with Gasteiger partial charge in [-0.25, -0.2) is 13.8 Å². The van der Waals surface area contributed by atoms with Crippen molar-refractivity contribution in [2.45, 2.75) is 12.0 Å². The van der Waals surface area contributed by atoms with Crippen molar-refractivity contribution >= 4 is 11.9 Å². The molecule has 8 nitrogen and oxygen atoms in total. The lowest BCUT2D eigenvalue weighted by Crippen LogP contribution is -2.68. The van der Waals surface area contributed by atoms with Crippen molar-refractivity contribution in [1.82, 2.24) is 15.2 Å². The van der Waals surface area contributed by atoms with E-state index in [0.717, 1.165) is 0 Å². The SMILES string of the molecule is COc1ccnc(Oc2cc(C34COCCC3C(=O)N(C)C(=N)N4)c(F)cc2F)c1. The van der Waals surface area contributed by atoms with Gasteiger partial charge in [0.15, 0.2) is 17.5 Å². The maximum absolute atomic E-state index is 15.0. The number of benzene rings is 1. The number of methoxy groups -OCH3 is 1. The highest BCUT2D eigenvalue weighted by Crippen LogP contribution is 2.42. The molecule has 0 bridgehead atoms. The first-order chi connectivity index (χ1) is 14.4. The highest BCUT2D eigenvalue weighted by molar-refractivity contribution is 6.00. The van der Waals surface area contributed by atoms with E-state index in [9.17, 15) is 13.6 Å². The quantitative estimate of drug-likeness (QED) is 0.792. The predicted octanol–water partition coefficient (Wildman–Crippen LogP) is 2.39. The van der Waals surface area contributed by atoms with Gasteiger partial charge >= 0.3 is 0 Å². The molecule has 2 aliphatic heterocycles. The molecule has 10 heteroatoms. The first-order valence-corrected chi connectivity index (χ1v) is 9.25. The van der Waals surface area contributed by atoms with Crippen LogP contribution >= 0.6 is 0 Å². The Morgan fingerprint density at radius 2 is 2.13 bits per heavy atom. The van der Waals surface area contributed by atoms with Crippen LogP contribution in [0.15, 0.2) is 30.5 Å². The lowest BCUT2D eigenvalue weighted by atomic mass is 9.73. The van der Waals surface area contributed by atoms with Crippen molar-refractivity contribution in [2.24, 2.45) is 5.92 Å². The molecule has 0 spiro atoms. The second-order valence-corrected chi connectivity index (χ2v) is 7.13. The molecule has 3 heterocycles. The van der Waals surface area contributed by atoms with Gasteiger partial charge in [0.2, 0.25) is 11.8 Å². The third-order valence-corrected chi connectivity index (χ3v) is 5.44. The highest BCUT2D eigenvalue weighted by atomic mass is 19.1. The second kappa shape index (κ2) is 7.52. The Hall–Kier alpha value is -3.27. The van der Waals surface area contributed by atoms with Gasteiger partial charge in [0.05, 0.1) is 19.6 Å². The van der Waals surface area contributed by atoms with Gasteiger partial charge in [0.25, 0.3) is 0 Å². The van der Waals surface area contributed by atoms with E-state index in [1.54, 1.807) is 6.07 Å². The fourth-order valence-corrected chi connectivity index (χ4v) is 3.85. The maximum Gasteiger partial charge on any atom is 0.235 e. The van der Waals surface area contributed by atoms with E-state index in [-0.39, 0.29) is 35.7 Å². The molecule has 1 aromatic heterocycles. The average Bonchev–Trinajstić information content (AvgIpc) is 2.74. The fourth-order valence-electron chi connectivity index (χ4n) is 3.85. The van der Waals surface area contributed by atoms with Gasteiger partial charge in [-0.1, -0.05) is 0 Å². The van der Waals surface area contributed by atoms with Crippen molar-refractivity contribution in [3.8, 4) is 17.4 Å². The summed E-state index contributed by atoms with van der Waals surface area (Å²) in [4.78, 5) is 18.0. The minimum atomic E-state index is -1.35. The first-order valence-electron chi connectivity index (χ1n) is 9.25. The summed E-state index contributed by atoms with van der Waals surface area (Å²) in [6, 6.07) is 4.94. The van der Waals surface area contributed by atoms with Gasteiger partial charge in [-0.05, 0) is 18.6 Å². The average molecular weight is 418 g/mol. The molecule has 0 aliphatic carbocycles. The Kier molecular flexibility index (Phi) is 5.02. The fraction of sp³-hybridized carbons (Fsp3) is 0.350. The van der Waals surface area contributed by atoms with Crippen LogP contribution in [0, 0.1) is 23.0 Å². The number of hydrogen-bond acceptors (Lipinski definition) is 6. The zero-order valence-electron chi connectivity index (χ0n) is 16.4. The number of amides is 1. The van der Waals surface area contributed by atoms with E-state index in [1.807, 2.05) is 0 Å². The van der Waals surface area contributed by atoms with Crippen LogP contribution in [0.4, 0.5) is 8.78 Å². The minimum absolute atomic E-state index is 0.0160. The Labute approximate surface area is 171 Å². The summed E-state index contributed by atoms with van der Waals surface area (Å²) in [5.41, 5.74) is -1.37. The number of pyridine rings is 1. The molecule has 2 fully saturated rings. The molecule has 0 radical (unpaired) electrons. The van der Waals surface area contributed by atoms with E-state index in [4.69, 9.17) is 19.6 Å². The van der Waals surface area contributed by atoms with E-state index >= 15 is 0 Å². The Bertz CT molecular complexity index is 1020. The molecule has 2 atom stereocenters. The number of hydrogen-bond donors (Lipinski definition) is 2. The minimum Gasteiger partial charge on any atom is -0.497 e. The summed E-state index contributed by atoms with van der Waals surface area (Å²) in [7, 11) is 2.94. The molecule has 30 heavy (non-hydrogen) atoms. The lowest BCUT2D eigenvalue weighted by molar-refractivity contribution is -0.143. The molecular weight excluding hydrogens is 398 g/mol. The topological polar surface area (TPSA) is 96.8 Å². The van der Waals surface area contributed by atoms with Crippen LogP contribution in [0.25, 0.3) is 0 Å². The van der Waals surface area contributed by atoms with Crippen molar-refractivity contribution in [2.75, 3.05) is 27.4 Å². The van der Waals surface area contributed by atoms with Gasteiger partial charge in [0, 0.05) is 37.5 Å². The molecule has 2 aliphatic rings. The number of fused-ring (bicyclic) bond motifs is 1. The number of ether oxygens (including phenoxy) is 3. The maximum atomic E-state index is 15.0. The number of nitrogens with one attached hydrogen (secondary N) is 2. The van der Waals surface area contributed by atoms with E-state index in [1.165, 1.54) is 37.4 Å². The molecule has 0 saturated carbocycles. The van der Waals surface area contributed by atoms with Crippen molar-refractivity contribution < 1.29 is 27.8 Å². The largest absolute Gasteiger partial charge is 0.497 e. The van der Waals surface area contributed by atoms with E-state index in [2.05, 4.69) is 10.3 Å². The van der Waals surface area contributed by atoms with Gasteiger partial charge < -0.3 is 19.5 Å². The first kappa shape index (κ1) is 20.0. The molecule has 158 valence electrons. The summed E-state index contributed by atoms with van der Waals surface area (Å²) < 4.78 is 45.7. The number of guanidine groups is 1. The van der Waals surface area contributed by atoms with Crippen LogP contribution in [0.3, 0.4) is 0 Å². The van der Waals surface area contributed by atoms with Crippen molar-refractivity contribution in [3.63, 3.8) is 0 Å². The highest BCUT2D eigenvalue weighted by Gasteiger charge is 2.53. The molecule has 1 amide bonds. The Balaban J connectivity index is 1.79. The molecule has 2 unspecified atom stereocenters. The zero-order valence-corrected chi connectivity index (χ0v) is 16.4. The summed E-state index contributed by atoms with van der Waals surface area (Å²) in [6.45, 7) is 0.264. The van der Waals surface area contributed by atoms with Crippen LogP contribution in [0.5, 0.6) is 17.4 Å². The van der Waals surface area contributed by atoms with Crippen LogP contribution in [0.1, 0.15) is 12.0 Å². The Morgan fingerprint density at radius 3 is 2.90 bits per heavy atom. The van der Waals surface area contributed by atoms with Crippen LogP contribution < -0.4 is 14.8 Å². The standard InChI is InChI=1S/C20H20F2N4O4/c1-26-18(27)12-4-6-29-10-20(12,25-19(26)23)13-8-16(15(22)9-14(13)21)30-17-7-11(28-2)3-5-24-17/h3,5,7-9,12H,4,6,10H2,1-2H3,(H2,23,25). The lowest BCUT2D eigenvalue weighted by Gasteiger charge is -2.49. The molecule has 4 rings (SSSR count). The summed E-state index contributed by atoms with van der Waals surface area (Å²) in [5.74, 6) is -2.77. The number of aromatic nitrogens is 1. The summed E-state index contributed by atoms with van der Waals surface area (Å²) >= 11 is 0. The van der Waals surface area contributed by atoms with Gasteiger partial charge in [-0.15, -0.1) is 0 Å². The monoisotopic (exact) mass is 418 g/mol. The number of halogens is 2. The summed E-state index contributed by atoms with van der Waals surface area (Å²) in [6.07, 6.45) is 1.76. The molecular formula is C20H20F2N4O4. The van der Waals surface area contributed by atoms with E-state index < -0.39 is 23.1 Å². The van der Waals surface area contributed by atoms with Crippen LogP contribution in [-0.2, 0) is 15.1 Å². The number of rotatable bonds is 4. The third kappa shape index (κ3) is 3.22. The summed E-state index contributed by atoms with van der Waals surface area (Å²) in [5, 5.41) is 11.0. The van der Waals surface area contributed by atoms with Crippen LogP contribution in [-0.4, -0.2) is 49.1 Å². The smallest absolute Gasteiger partial charge is 0.235 e. The predicted molar refractivity (Wildman–Crippen MR) is 101 cm³/mol. The molecule has 1 aromatic carbocycles. The third-order valence-electron chi connectivity index (χ3n) is 5.44. The van der Waals surface area contributed by atoms with Crippen molar-refractivity contribution in [1.29, 1.82) is 5.41 Å². The van der Waals surface area contributed by atoms with Gasteiger partial charge in [0.1, 0.15) is 17.1 Å². The molecule has 2 N–H and O–H groups in total. The normalized spacial score (nSPS) is 23.6. The van der Waals surface area contributed by atoms with Crippen LogP contribution in [0.2, 0.25) is 0 Å². The molecule has 2 saturated heterocycles. The number of carbonyl (C=O) groups is 1. The zero-order chi connectivity index (χ0) is 21.5. The van der Waals surface area contributed by atoms with E-state index in [0.29, 0.717) is 24.8 Å². The van der Waals surface area contributed by atoms with Crippen molar-refractivity contribution in [3.05, 3.63) is 47.7 Å². The number of nitrogens with zero attached hydrogens (tertiary/aromatic N) is 2. The molecule has 2 aromatic rings. The number of carbonyl (C=O) groups excluding carboxylic acids is 1. The van der Waals surface area contributed by atoms with Gasteiger partial charge in [-0.3, -0.25) is 15.1 Å². The second-order valence-electron chi connectivity index (χ2n) is 7.13. The Morgan fingerprint density at radius 1 is 1.33 bits per heavy atom.